The van der Waals surface area contributed by atoms with Crippen molar-refractivity contribution < 1.29 is 19.1 Å². The number of para-hydroxylation sites is 2. The van der Waals surface area contributed by atoms with E-state index in [0.29, 0.717) is 35.8 Å². The standard InChI is InChI=1S/C22H23ClN2O4/c1-15-8-9-16(13-17(15)23)10-11-22(28)29-14-20(26)24-18-5-2-3-6-19(18)25-12-4-7-21(25)27/h2-3,5-6,8-9,13H,4,7,10-12,14H2,1H3,(H,24,26). The maximum absolute atomic E-state index is 12.2. The molecule has 6 nitrogen and oxygen atoms in total. The summed E-state index contributed by atoms with van der Waals surface area (Å²) in [7, 11) is 0. The largest absolute Gasteiger partial charge is 0.456 e. The molecule has 1 aliphatic heterocycles. The Bertz CT molecular complexity index is 929. The van der Waals surface area contributed by atoms with Crippen molar-refractivity contribution >= 4 is 40.8 Å². The van der Waals surface area contributed by atoms with Crippen LogP contribution in [-0.4, -0.2) is 30.9 Å². The molecule has 152 valence electrons. The summed E-state index contributed by atoms with van der Waals surface area (Å²) in [6, 6.07) is 12.7. The van der Waals surface area contributed by atoms with Crippen LogP contribution >= 0.6 is 11.6 Å². The highest BCUT2D eigenvalue weighted by molar-refractivity contribution is 6.31. The third-order valence-corrected chi connectivity index (χ3v) is 5.17. The van der Waals surface area contributed by atoms with Gasteiger partial charge in [-0.15, -0.1) is 0 Å². The van der Waals surface area contributed by atoms with Gasteiger partial charge in [0.15, 0.2) is 6.61 Å². The quantitative estimate of drug-likeness (QED) is 0.697. The van der Waals surface area contributed by atoms with Crippen molar-refractivity contribution in [2.24, 2.45) is 0 Å². The summed E-state index contributed by atoms with van der Waals surface area (Å²) in [5.74, 6) is -0.870. The lowest BCUT2D eigenvalue weighted by atomic mass is 10.1. The number of anilines is 2. The number of hydrogen-bond acceptors (Lipinski definition) is 4. The van der Waals surface area contributed by atoms with Crippen molar-refractivity contribution in [1.29, 1.82) is 0 Å². The zero-order valence-corrected chi connectivity index (χ0v) is 17.0. The third kappa shape index (κ3) is 5.57. The Morgan fingerprint density at radius 2 is 2.00 bits per heavy atom. The lowest BCUT2D eigenvalue weighted by Gasteiger charge is -2.19. The molecule has 1 heterocycles. The Morgan fingerprint density at radius 1 is 1.21 bits per heavy atom. The normalized spacial score (nSPS) is 13.4. The molecule has 0 atom stereocenters. The summed E-state index contributed by atoms with van der Waals surface area (Å²) in [5, 5.41) is 3.38. The van der Waals surface area contributed by atoms with Crippen LogP contribution in [0.4, 0.5) is 11.4 Å². The van der Waals surface area contributed by atoms with Gasteiger partial charge in [-0.3, -0.25) is 14.4 Å². The number of aryl methyl sites for hydroxylation is 2. The molecule has 1 fully saturated rings. The van der Waals surface area contributed by atoms with E-state index in [2.05, 4.69) is 5.32 Å². The van der Waals surface area contributed by atoms with Crippen LogP contribution in [0.5, 0.6) is 0 Å². The molecule has 2 aromatic rings. The number of benzene rings is 2. The van der Waals surface area contributed by atoms with E-state index in [1.54, 1.807) is 23.1 Å². The first kappa shape index (κ1) is 20.9. The van der Waals surface area contributed by atoms with Crippen molar-refractivity contribution in [2.75, 3.05) is 23.4 Å². The van der Waals surface area contributed by atoms with E-state index >= 15 is 0 Å². The second kappa shape index (κ2) is 9.56. The highest BCUT2D eigenvalue weighted by Gasteiger charge is 2.24. The zero-order chi connectivity index (χ0) is 20.8. The molecular formula is C22H23ClN2O4. The number of carbonyl (C=O) groups is 3. The number of rotatable bonds is 7. The second-order valence-electron chi connectivity index (χ2n) is 6.96. The molecule has 3 rings (SSSR count). The maximum atomic E-state index is 12.2. The molecule has 7 heteroatoms. The topological polar surface area (TPSA) is 75.7 Å². The summed E-state index contributed by atoms with van der Waals surface area (Å²) >= 11 is 6.08. The van der Waals surface area contributed by atoms with Gasteiger partial charge in [-0.1, -0.05) is 35.9 Å². The molecule has 0 radical (unpaired) electrons. The van der Waals surface area contributed by atoms with Crippen molar-refractivity contribution in [3.63, 3.8) is 0 Å². The first-order chi connectivity index (χ1) is 13.9. The van der Waals surface area contributed by atoms with E-state index in [0.717, 1.165) is 17.5 Å². The molecule has 29 heavy (non-hydrogen) atoms. The Balaban J connectivity index is 1.49. The molecule has 2 amide bonds. The number of nitrogens with zero attached hydrogens (tertiary/aromatic N) is 1. The molecule has 0 aromatic heterocycles. The van der Waals surface area contributed by atoms with Gasteiger partial charge in [0.1, 0.15) is 0 Å². The number of nitrogens with one attached hydrogen (secondary N) is 1. The monoisotopic (exact) mass is 414 g/mol. The number of amides is 2. The number of ether oxygens (including phenoxy) is 1. The summed E-state index contributed by atoms with van der Waals surface area (Å²) < 4.78 is 5.07. The molecule has 2 aromatic carbocycles. The molecule has 0 aliphatic carbocycles. The Labute approximate surface area is 174 Å². The van der Waals surface area contributed by atoms with Gasteiger partial charge >= 0.3 is 5.97 Å². The molecule has 0 unspecified atom stereocenters. The van der Waals surface area contributed by atoms with Crippen LogP contribution < -0.4 is 10.2 Å². The zero-order valence-electron chi connectivity index (χ0n) is 16.2. The highest BCUT2D eigenvalue weighted by atomic mass is 35.5. The molecule has 1 N–H and O–H groups in total. The van der Waals surface area contributed by atoms with E-state index in [1.165, 1.54) is 0 Å². The Hall–Kier alpha value is -2.86. The van der Waals surface area contributed by atoms with E-state index in [-0.39, 0.29) is 18.9 Å². The first-order valence-electron chi connectivity index (χ1n) is 9.54. The minimum Gasteiger partial charge on any atom is -0.456 e. The lowest BCUT2D eigenvalue weighted by Crippen LogP contribution is -2.27. The fourth-order valence-electron chi connectivity index (χ4n) is 3.16. The minimum atomic E-state index is -0.458. The SMILES string of the molecule is Cc1ccc(CCC(=O)OCC(=O)Nc2ccccc2N2CCCC2=O)cc1Cl. The van der Waals surface area contributed by atoms with E-state index in [9.17, 15) is 14.4 Å². The third-order valence-electron chi connectivity index (χ3n) is 4.76. The summed E-state index contributed by atoms with van der Waals surface area (Å²) in [4.78, 5) is 37.8. The molecular weight excluding hydrogens is 392 g/mol. The molecule has 1 aliphatic rings. The van der Waals surface area contributed by atoms with Gasteiger partial charge in [0.2, 0.25) is 5.91 Å². The molecule has 0 saturated carbocycles. The van der Waals surface area contributed by atoms with Gasteiger partial charge in [0, 0.05) is 24.4 Å². The molecule has 1 saturated heterocycles. The predicted octanol–water partition coefficient (Wildman–Crippen LogP) is 3.89. The Kier molecular flexibility index (Phi) is 6.88. The summed E-state index contributed by atoms with van der Waals surface area (Å²) in [6.45, 7) is 2.16. The van der Waals surface area contributed by atoms with E-state index < -0.39 is 11.9 Å². The van der Waals surface area contributed by atoms with Gasteiger partial charge in [0.05, 0.1) is 11.4 Å². The van der Waals surface area contributed by atoms with E-state index in [1.807, 2.05) is 31.2 Å². The maximum Gasteiger partial charge on any atom is 0.306 e. The van der Waals surface area contributed by atoms with Crippen LogP contribution in [-0.2, 0) is 25.5 Å². The van der Waals surface area contributed by atoms with Crippen LogP contribution in [0.1, 0.15) is 30.4 Å². The van der Waals surface area contributed by atoms with Crippen molar-refractivity contribution in [3.05, 3.63) is 58.6 Å². The highest BCUT2D eigenvalue weighted by Crippen LogP contribution is 2.29. The van der Waals surface area contributed by atoms with Gasteiger partial charge in [-0.25, -0.2) is 0 Å². The van der Waals surface area contributed by atoms with Crippen LogP contribution in [0.15, 0.2) is 42.5 Å². The number of carbonyl (C=O) groups excluding carboxylic acids is 3. The van der Waals surface area contributed by atoms with Crippen LogP contribution in [0.3, 0.4) is 0 Å². The molecule has 0 spiro atoms. The van der Waals surface area contributed by atoms with Crippen LogP contribution in [0.25, 0.3) is 0 Å². The average Bonchev–Trinajstić information content (AvgIpc) is 3.13. The van der Waals surface area contributed by atoms with Crippen molar-refractivity contribution in [3.8, 4) is 0 Å². The first-order valence-corrected chi connectivity index (χ1v) is 9.92. The van der Waals surface area contributed by atoms with Crippen molar-refractivity contribution in [1.82, 2.24) is 0 Å². The average molecular weight is 415 g/mol. The second-order valence-corrected chi connectivity index (χ2v) is 7.37. The van der Waals surface area contributed by atoms with Crippen LogP contribution in [0.2, 0.25) is 5.02 Å². The lowest BCUT2D eigenvalue weighted by molar-refractivity contribution is -0.147. The minimum absolute atomic E-state index is 0.0364. The van der Waals surface area contributed by atoms with Gasteiger partial charge in [-0.05, 0) is 49.1 Å². The van der Waals surface area contributed by atoms with Crippen LogP contribution in [0, 0.1) is 6.92 Å². The molecule has 0 bridgehead atoms. The number of halogens is 1. The van der Waals surface area contributed by atoms with E-state index in [4.69, 9.17) is 16.3 Å². The summed E-state index contributed by atoms with van der Waals surface area (Å²) in [5.41, 5.74) is 3.10. The van der Waals surface area contributed by atoms with Gasteiger partial charge in [-0.2, -0.15) is 0 Å². The van der Waals surface area contributed by atoms with Gasteiger partial charge in [0.25, 0.3) is 5.91 Å². The number of hydrogen-bond donors (Lipinski definition) is 1. The summed E-state index contributed by atoms with van der Waals surface area (Å²) in [6.07, 6.45) is 1.95. The van der Waals surface area contributed by atoms with Crippen molar-refractivity contribution in [2.45, 2.75) is 32.6 Å². The number of esters is 1. The predicted molar refractivity (Wildman–Crippen MR) is 112 cm³/mol. The smallest absolute Gasteiger partial charge is 0.306 e. The van der Waals surface area contributed by atoms with Gasteiger partial charge < -0.3 is 15.0 Å². The Morgan fingerprint density at radius 3 is 2.72 bits per heavy atom. The fraction of sp³-hybridized carbons (Fsp3) is 0.318. The fourth-order valence-corrected chi connectivity index (χ4v) is 3.36.